The standard InChI is InChI=1S/C22H33N5O3/c23-9-4-10-27(16-17-5-2-1-3-6-17)22(29)26-20-8-7-18(19-14-24-25-15-19)13-21(20)30-12-11-28/h7-8,13-15,17,28H,1-6,9-12,16,23H2,(H,24,25)(H,26,29). The van der Waals surface area contributed by atoms with Gasteiger partial charge >= 0.3 is 6.03 Å². The highest BCUT2D eigenvalue weighted by Crippen LogP contribution is 2.31. The van der Waals surface area contributed by atoms with Crippen molar-refractivity contribution >= 4 is 11.7 Å². The lowest BCUT2D eigenvalue weighted by Gasteiger charge is -2.30. The normalized spacial score (nSPS) is 14.5. The number of H-pyrrole nitrogens is 1. The molecule has 3 rings (SSSR count). The number of ether oxygens (including phenoxy) is 1. The fourth-order valence-corrected chi connectivity index (χ4v) is 3.92. The second-order valence-electron chi connectivity index (χ2n) is 7.79. The maximum Gasteiger partial charge on any atom is 0.321 e. The highest BCUT2D eigenvalue weighted by atomic mass is 16.5. The molecule has 1 fully saturated rings. The van der Waals surface area contributed by atoms with Gasteiger partial charge in [-0.1, -0.05) is 25.3 Å². The van der Waals surface area contributed by atoms with E-state index < -0.39 is 0 Å². The van der Waals surface area contributed by atoms with Crippen LogP contribution in [0.5, 0.6) is 5.75 Å². The van der Waals surface area contributed by atoms with E-state index in [1.807, 2.05) is 23.1 Å². The largest absolute Gasteiger partial charge is 0.489 e. The lowest BCUT2D eigenvalue weighted by Crippen LogP contribution is -2.40. The van der Waals surface area contributed by atoms with Crippen LogP contribution in [0.25, 0.3) is 11.1 Å². The maximum absolute atomic E-state index is 13.1. The third kappa shape index (κ3) is 6.21. The van der Waals surface area contributed by atoms with Crippen molar-refractivity contribution in [3.05, 3.63) is 30.6 Å². The van der Waals surface area contributed by atoms with Crippen LogP contribution in [-0.2, 0) is 0 Å². The number of nitrogens with two attached hydrogens (primary N) is 1. The van der Waals surface area contributed by atoms with Crippen molar-refractivity contribution in [1.82, 2.24) is 15.1 Å². The number of aromatic nitrogens is 2. The van der Waals surface area contributed by atoms with E-state index in [1.165, 1.54) is 32.1 Å². The monoisotopic (exact) mass is 415 g/mol. The molecule has 1 aliphatic carbocycles. The molecule has 0 unspecified atom stereocenters. The number of carbonyl (C=O) groups is 1. The van der Waals surface area contributed by atoms with Crippen LogP contribution in [0.3, 0.4) is 0 Å². The Morgan fingerprint density at radius 2 is 2.13 bits per heavy atom. The summed E-state index contributed by atoms with van der Waals surface area (Å²) in [5.74, 6) is 1.07. The zero-order valence-electron chi connectivity index (χ0n) is 17.5. The number of nitrogens with one attached hydrogen (secondary N) is 2. The molecule has 164 valence electrons. The summed E-state index contributed by atoms with van der Waals surface area (Å²) in [7, 11) is 0. The number of nitrogens with zero attached hydrogens (tertiary/aromatic N) is 2. The van der Waals surface area contributed by atoms with Crippen molar-refractivity contribution in [2.24, 2.45) is 11.7 Å². The first kappa shape index (κ1) is 22.1. The number of rotatable bonds is 10. The molecule has 2 aromatic rings. The van der Waals surface area contributed by atoms with Crippen LogP contribution in [0, 0.1) is 5.92 Å². The van der Waals surface area contributed by atoms with Gasteiger partial charge < -0.3 is 25.8 Å². The second kappa shape index (κ2) is 11.6. The van der Waals surface area contributed by atoms with Gasteiger partial charge in [0.1, 0.15) is 12.4 Å². The van der Waals surface area contributed by atoms with Gasteiger partial charge in [0, 0.05) is 24.8 Å². The molecule has 0 saturated heterocycles. The van der Waals surface area contributed by atoms with Crippen LogP contribution >= 0.6 is 0 Å². The van der Waals surface area contributed by atoms with Crippen molar-refractivity contribution in [3.8, 4) is 16.9 Å². The number of aromatic amines is 1. The number of hydrogen-bond donors (Lipinski definition) is 4. The van der Waals surface area contributed by atoms with E-state index in [0.29, 0.717) is 30.4 Å². The van der Waals surface area contributed by atoms with Gasteiger partial charge in [0.15, 0.2) is 0 Å². The first-order valence-electron chi connectivity index (χ1n) is 10.8. The summed E-state index contributed by atoms with van der Waals surface area (Å²) in [4.78, 5) is 15.0. The van der Waals surface area contributed by atoms with Crippen LogP contribution < -0.4 is 15.8 Å². The molecule has 1 aromatic heterocycles. The summed E-state index contributed by atoms with van der Waals surface area (Å²) in [6.45, 7) is 1.99. The predicted molar refractivity (Wildman–Crippen MR) is 117 cm³/mol. The van der Waals surface area contributed by atoms with E-state index in [1.54, 1.807) is 12.4 Å². The molecule has 30 heavy (non-hydrogen) atoms. The summed E-state index contributed by atoms with van der Waals surface area (Å²) >= 11 is 0. The summed E-state index contributed by atoms with van der Waals surface area (Å²) in [5.41, 5.74) is 8.11. The molecule has 8 heteroatoms. The second-order valence-corrected chi connectivity index (χ2v) is 7.79. The number of hydrogen-bond acceptors (Lipinski definition) is 5. The number of benzene rings is 1. The summed E-state index contributed by atoms with van der Waals surface area (Å²) in [6, 6.07) is 5.45. The molecule has 0 aliphatic heterocycles. The van der Waals surface area contributed by atoms with E-state index in [4.69, 9.17) is 10.5 Å². The van der Waals surface area contributed by atoms with Gasteiger partial charge in [0.05, 0.1) is 18.5 Å². The summed E-state index contributed by atoms with van der Waals surface area (Å²) in [6.07, 6.45) is 10.4. The van der Waals surface area contributed by atoms with Crippen molar-refractivity contribution in [3.63, 3.8) is 0 Å². The number of urea groups is 1. The fourth-order valence-electron chi connectivity index (χ4n) is 3.92. The Hall–Kier alpha value is -2.58. The number of carbonyl (C=O) groups excluding carboxylic acids is 1. The van der Waals surface area contributed by atoms with Gasteiger partial charge in [-0.15, -0.1) is 0 Å². The topological polar surface area (TPSA) is 116 Å². The number of aliphatic hydroxyl groups is 1. The van der Waals surface area contributed by atoms with E-state index >= 15 is 0 Å². The smallest absolute Gasteiger partial charge is 0.321 e. The Labute approximate surface area is 177 Å². The van der Waals surface area contributed by atoms with Crippen LogP contribution in [0.2, 0.25) is 0 Å². The van der Waals surface area contributed by atoms with Crippen LogP contribution in [0.15, 0.2) is 30.6 Å². The van der Waals surface area contributed by atoms with Gasteiger partial charge in [0.2, 0.25) is 0 Å². The molecular formula is C22H33N5O3. The van der Waals surface area contributed by atoms with Gasteiger partial charge in [-0.2, -0.15) is 5.10 Å². The average Bonchev–Trinajstić information content (AvgIpc) is 3.31. The van der Waals surface area contributed by atoms with Crippen LogP contribution in [0.4, 0.5) is 10.5 Å². The van der Waals surface area contributed by atoms with Crippen LogP contribution in [0.1, 0.15) is 38.5 Å². The predicted octanol–water partition coefficient (Wildman–Crippen LogP) is 3.21. The van der Waals surface area contributed by atoms with Crippen molar-refractivity contribution in [2.75, 3.05) is 38.2 Å². The minimum atomic E-state index is -0.140. The summed E-state index contributed by atoms with van der Waals surface area (Å²) in [5, 5.41) is 18.9. The molecule has 1 aliphatic rings. The Morgan fingerprint density at radius 1 is 1.30 bits per heavy atom. The highest BCUT2D eigenvalue weighted by Gasteiger charge is 2.22. The van der Waals surface area contributed by atoms with Gasteiger partial charge in [-0.05, 0) is 49.4 Å². The van der Waals surface area contributed by atoms with Crippen LogP contribution in [-0.4, -0.2) is 59.1 Å². The molecule has 0 atom stereocenters. The van der Waals surface area contributed by atoms with Crippen molar-refractivity contribution in [1.29, 1.82) is 0 Å². The van der Waals surface area contributed by atoms with E-state index in [9.17, 15) is 9.90 Å². The quantitative estimate of drug-likeness (QED) is 0.475. The minimum Gasteiger partial charge on any atom is -0.489 e. The minimum absolute atomic E-state index is 0.104. The van der Waals surface area contributed by atoms with E-state index in [2.05, 4.69) is 15.5 Å². The molecule has 1 saturated carbocycles. The number of amides is 2. The SMILES string of the molecule is NCCCN(CC1CCCCC1)C(=O)Nc1ccc(-c2cn[nH]c2)cc1OCCO. The van der Waals surface area contributed by atoms with Crippen molar-refractivity contribution < 1.29 is 14.6 Å². The lowest BCUT2D eigenvalue weighted by atomic mass is 9.89. The molecule has 0 bridgehead atoms. The Kier molecular flexibility index (Phi) is 8.53. The number of aliphatic hydroxyl groups excluding tert-OH is 1. The molecule has 1 heterocycles. The summed E-state index contributed by atoms with van der Waals surface area (Å²) < 4.78 is 5.70. The molecule has 8 nitrogen and oxygen atoms in total. The Morgan fingerprint density at radius 3 is 2.83 bits per heavy atom. The zero-order valence-corrected chi connectivity index (χ0v) is 17.5. The molecular weight excluding hydrogens is 382 g/mol. The zero-order chi connectivity index (χ0) is 21.2. The number of anilines is 1. The highest BCUT2D eigenvalue weighted by molar-refractivity contribution is 5.91. The average molecular weight is 416 g/mol. The molecule has 5 N–H and O–H groups in total. The Balaban J connectivity index is 1.74. The Bertz CT molecular complexity index is 775. The third-order valence-electron chi connectivity index (χ3n) is 5.53. The maximum atomic E-state index is 13.1. The fraction of sp³-hybridized carbons (Fsp3) is 0.545. The van der Waals surface area contributed by atoms with Crippen molar-refractivity contribution in [2.45, 2.75) is 38.5 Å². The molecule has 2 amide bonds. The van der Waals surface area contributed by atoms with Gasteiger partial charge in [0.25, 0.3) is 0 Å². The van der Waals surface area contributed by atoms with Gasteiger partial charge in [-0.3, -0.25) is 5.10 Å². The first-order valence-corrected chi connectivity index (χ1v) is 10.8. The third-order valence-corrected chi connectivity index (χ3v) is 5.53. The molecule has 0 radical (unpaired) electrons. The molecule has 0 spiro atoms. The lowest BCUT2D eigenvalue weighted by molar-refractivity contribution is 0.189. The van der Waals surface area contributed by atoms with E-state index in [-0.39, 0.29) is 19.2 Å². The molecule has 1 aromatic carbocycles. The first-order chi connectivity index (χ1) is 14.7. The van der Waals surface area contributed by atoms with E-state index in [0.717, 1.165) is 24.1 Å². The van der Waals surface area contributed by atoms with Gasteiger partial charge in [-0.25, -0.2) is 4.79 Å².